The van der Waals surface area contributed by atoms with Gasteiger partial charge in [0.15, 0.2) is 0 Å². The van der Waals surface area contributed by atoms with Crippen molar-refractivity contribution in [3.8, 4) is 0 Å². The topological polar surface area (TPSA) is 54.8 Å². The number of pyridine rings is 1. The third kappa shape index (κ3) is 4.36. The molecule has 1 aromatic heterocycles. The summed E-state index contributed by atoms with van der Waals surface area (Å²) in [4.78, 5) is 31.0. The molecular weight excluding hydrogens is 442 g/mol. The van der Waals surface area contributed by atoms with Crippen LogP contribution >= 0.6 is 24.0 Å². The molecule has 0 N–H and O–H groups in total. The van der Waals surface area contributed by atoms with Crippen LogP contribution in [0.4, 0.5) is 5.69 Å². The van der Waals surface area contributed by atoms with Gasteiger partial charge in [-0.1, -0.05) is 49.1 Å². The molecule has 1 aromatic carbocycles. The second kappa shape index (κ2) is 9.77. The smallest absolute Gasteiger partial charge is 0.266 e. The number of aromatic nitrogens is 1. The van der Waals surface area contributed by atoms with Crippen molar-refractivity contribution >= 4 is 56.9 Å². The molecular formula is C24H29N3O3S2. The number of thioether (sulfide) groups is 1. The van der Waals surface area contributed by atoms with Gasteiger partial charge in [0.05, 0.1) is 21.7 Å². The van der Waals surface area contributed by atoms with Gasteiger partial charge in [-0.3, -0.25) is 14.5 Å². The largest absolute Gasteiger partial charge is 0.385 e. The number of rotatable bonds is 6. The summed E-state index contributed by atoms with van der Waals surface area (Å²) >= 11 is 6.73. The van der Waals surface area contributed by atoms with E-state index in [9.17, 15) is 9.59 Å². The fourth-order valence-electron chi connectivity index (χ4n) is 4.40. The van der Waals surface area contributed by atoms with Crippen LogP contribution in [0.1, 0.15) is 31.7 Å². The lowest BCUT2D eigenvalue weighted by molar-refractivity contribution is -0.122. The summed E-state index contributed by atoms with van der Waals surface area (Å²) in [5.74, 6) is 0.542. The van der Waals surface area contributed by atoms with Gasteiger partial charge in [0.25, 0.3) is 11.5 Å². The van der Waals surface area contributed by atoms with Crippen molar-refractivity contribution in [1.29, 1.82) is 0 Å². The van der Waals surface area contributed by atoms with E-state index < -0.39 is 0 Å². The maximum atomic E-state index is 13.5. The quantitative estimate of drug-likeness (QED) is 0.360. The molecule has 0 saturated carbocycles. The Kier molecular flexibility index (Phi) is 7.02. The van der Waals surface area contributed by atoms with E-state index in [1.165, 1.54) is 11.8 Å². The molecule has 0 atom stereocenters. The van der Waals surface area contributed by atoms with Crippen molar-refractivity contribution in [2.45, 2.75) is 26.2 Å². The van der Waals surface area contributed by atoms with Gasteiger partial charge in [0.2, 0.25) is 0 Å². The summed E-state index contributed by atoms with van der Waals surface area (Å²) in [6, 6.07) is 8.00. The standard InChI is InChI=1S/C24H29N3O3S2/c1-16-9-12-26(13-10-16)21-17-7-4-5-8-19(17)25(2)22(28)18(21)15-20-23(29)27(24(31)32-20)11-6-14-30-3/h4-5,7-8,15-16H,6,9-14H2,1-3H3. The highest BCUT2D eigenvalue weighted by Gasteiger charge is 2.33. The number of hydrogen-bond donors (Lipinski definition) is 0. The van der Waals surface area contributed by atoms with E-state index >= 15 is 0 Å². The maximum absolute atomic E-state index is 13.5. The van der Waals surface area contributed by atoms with E-state index in [0.717, 1.165) is 42.5 Å². The fourth-order valence-corrected chi connectivity index (χ4v) is 5.69. The second-order valence-electron chi connectivity index (χ2n) is 8.49. The molecule has 0 aliphatic carbocycles. The summed E-state index contributed by atoms with van der Waals surface area (Å²) < 4.78 is 7.31. The van der Waals surface area contributed by atoms with E-state index in [1.807, 2.05) is 18.2 Å². The molecule has 6 nitrogen and oxygen atoms in total. The third-order valence-corrected chi connectivity index (χ3v) is 7.67. The number of hydrogen-bond acceptors (Lipinski definition) is 6. The summed E-state index contributed by atoms with van der Waals surface area (Å²) in [5.41, 5.74) is 2.30. The first kappa shape index (κ1) is 23.0. The van der Waals surface area contributed by atoms with E-state index in [4.69, 9.17) is 17.0 Å². The minimum absolute atomic E-state index is 0.0954. The van der Waals surface area contributed by atoms with Crippen molar-refractivity contribution in [2.75, 3.05) is 38.3 Å². The Morgan fingerprint density at radius 3 is 2.66 bits per heavy atom. The number of thiocarbonyl (C=S) groups is 1. The molecule has 1 amide bonds. The molecule has 2 aliphatic rings. The van der Waals surface area contributed by atoms with Crippen molar-refractivity contribution in [2.24, 2.45) is 13.0 Å². The molecule has 0 bridgehead atoms. The average Bonchev–Trinajstić information content (AvgIpc) is 3.06. The Bertz CT molecular complexity index is 1130. The van der Waals surface area contributed by atoms with Crippen molar-refractivity contribution in [1.82, 2.24) is 9.47 Å². The highest BCUT2D eigenvalue weighted by molar-refractivity contribution is 8.26. The molecule has 3 heterocycles. The summed E-state index contributed by atoms with van der Waals surface area (Å²) in [5, 5.41) is 1.03. The van der Waals surface area contributed by atoms with Crippen LogP contribution in [0.2, 0.25) is 0 Å². The number of fused-ring (bicyclic) bond motifs is 1. The van der Waals surface area contributed by atoms with Gasteiger partial charge in [0, 0.05) is 45.8 Å². The number of benzene rings is 1. The molecule has 4 rings (SSSR count). The molecule has 2 fully saturated rings. The lowest BCUT2D eigenvalue weighted by atomic mass is 9.97. The van der Waals surface area contributed by atoms with Crippen molar-refractivity contribution in [3.63, 3.8) is 0 Å². The number of para-hydroxylation sites is 1. The van der Waals surface area contributed by atoms with Gasteiger partial charge in [-0.25, -0.2) is 0 Å². The summed E-state index contributed by atoms with van der Waals surface area (Å²) in [6.07, 6.45) is 4.65. The molecule has 170 valence electrons. The number of ether oxygens (including phenoxy) is 1. The minimum Gasteiger partial charge on any atom is -0.385 e. The number of nitrogens with zero attached hydrogens (tertiary/aromatic N) is 3. The summed E-state index contributed by atoms with van der Waals surface area (Å²) in [6.45, 7) is 5.16. The van der Waals surface area contributed by atoms with Gasteiger partial charge in [-0.15, -0.1) is 0 Å². The Morgan fingerprint density at radius 2 is 1.94 bits per heavy atom. The molecule has 2 aromatic rings. The van der Waals surface area contributed by atoms with Gasteiger partial charge in [-0.05, 0) is 37.3 Å². The normalized spacial score (nSPS) is 19.0. The lowest BCUT2D eigenvalue weighted by Crippen LogP contribution is -2.35. The number of carbonyl (C=O) groups excluding carboxylic acids is 1. The van der Waals surface area contributed by atoms with Crippen LogP contribution in [0.5, 0.6) is 0 Å². The lowest BCUT2D eigenvalue weighted by Gasteiger charge is -2.34. The van der Waals surface area contributed by atoms with Gasteiger partial charge in [0.1, 0.15) is 4.32 Å². The zero-order valence-corrected chi connectivity index (χ0v) is 20.4. The SMILES string of the molecule is COCCCN1C(=O)C(=Cc2c(N3CCC(C)CC3)c3ccccc3n(C)c2=O)SC1=S. The van der Waals surface area contributed by atoms with E-state index in [-0.39, 0.29) is 11.5 Å². The van der Waals surface area contributed by atoms with Gasteiger partial charge in [-0.2, -0.15) is 0 Å². The van der Waals surface area contributed by atoms with Crippen LogP contribution in [-0.2, 0) is 16.6 Å². The number of methoxy groups -OCH3 is 1. The first-order chi connectivity index (χ1) is 15.4. The van der Waals surface area contributed by atoms with Crippen LogP contribution < -0.4 is 10.5 Å². The van der Waals surface area contributed by atoms with Crippen LogP contribution in [0.3, 0.4) is 0 Å². The monoisotopic (exact) mass is 471 g/mol. The Morgan fingerprint density at radius 1 is 1.22 bits per heavy atom. The number of aryl methyl sites for hydroxylation is 1. The van der Waals surface area contributed by atoms with Crippen LogP contribution in [0.25, 0.3) is 17.0 Å². The Hall–Kier alpha value is -2.16. The number of anilines is 1. The van der Waals surface area contributed by atoms with E-state index in [2.05, 4.69) is 17.9 Å². The minimum atomic E-state index is -0.135. The van der Waals surface area contributed by atoms with Gasteiger partial charge < -0.3 is 14.2 Å². The van der Waals surface area contributed by atoms with Crippen LogP contribution in [-0.4, -0.2) is 53.0 Å². The number of amides is 1. The Labute approximate surface area is 198 Å². The maximum Gasteiger partial charge on any atom is 0.266 e. The average molecular weight is 472 g/mol. The van der Waals surface area contributed by atoms with E-state index in [0.29, 0.717) is 40.3 Å². The molecule has 0 unspecified atom stereocenters. The predicted molar refractivity (Wildman–Crippen MR) is 136 cm³/mol. The summed E-state index contributed by atoms with van der Waals surface area (Å²) in [7, 11) is 3.43. The predicted octanol–water partition coefficient (Wildman–Crippen LogP) is 4.01. The molecule has 8 heteroatoms. The highest BCUT2D eigenvalue weighted by atomic mass is 32.2. The fraction of sp³-hybridized carbons (Fsp3) is 0.458. The number of piperidine rings is 1. The number of carbonyl (C=O) groups is 1. The molecule has 2 saturated heterocycles. The Balaban J connectivity index is 1.81. The highest BCUT2D eigenvalue weighted by Crippen LogP contribution is 2.37. The first-order valence-electron chi connectivity index (χ1n) is 11.0. The van der Waals surface area contributed by atoms with E-state index in [1.54, 1.807) is 29.7 Å². The van der Waals surface area contributed by atoms with Gasteiger partial charge >= 0.3 is 0 Å². The van der Waals surface area contributed by atoms with Crippen LogP contribution in [0, 0.1) is 5.92 Å². The molecule has 2 aliphatic heterocycles. The third-order valence-electron chi connectivity index (χ3n) is 6.29. The van der Waals surface area contributed by atoms with Crippen molar-refractivity contribution in [3.05, 3.63) is 45.1 Å². The molecule has 0 spiro atoms. The first-order valence-corrected chi connectivity index (χ1v) is 12.3. The van der Waals surface area contributed by atoms with Crippen LogP contribution in [0.15, 0.2) is 34.0 Å². The zero-order chi connectivity index (χ0) is 22.8. The zero-order valence-electron chi connectivity index (χ0n) is 18.8. The van der Waals surface area contributed by atoms with Crippen molar-refractivity contribution < 1.29 is 9.53 Å². The second-order valence-corrected chi connectivity index (χ2v) is 10.2. The molecule has 0 radical (unpaired) electrons. The molecule has 32 heavy (non-hydrogen) atoms.